The van der Waals surface area contributed by atoms with Gasteiger partial charge in [-0.2, -0.15) is 0 Å². The van der Waals surface area contributed by atoms with Gasteiger partial charge in [0.1, 0.15) is 11.5 Å². The lowest BCUT2D eigenvalue weighted by atomic mass is 9.99. The molecule has 21 heavy (non-hydrogen) atoms. The highest BCUT2D eigenvalue weighted by atomic mass is 16.5. The number of ketones is 1. The summed E-state index contributed by atoms with van der Waals surface area (Å²) >= 11 is 0. The van der Waals surface area contributed by atoms with E-state index in [0.717, 1.165) is 5.56 Å². The normalized spacial score (nSPS) is 10.2. The van der Waals surface area contributed by atoms with Gasteiger partial charge >= 0.3 is 0 Å². The van der Waals surface area contributed by atoms with Gasteiger partial charge < -0.3 is 15.2 Å². The van der Waals surface area contributed by atoms with E-state index < -0.39 is 0 Å². The summed E-state index contributed by atoms with van der Waals surface area (Å²) < 4.78 is 10.7. The Kier molecular flexibility index (Phi) is 4.48. The van der Waals surface area contributed by atoms with Crippen molar-refractivity contribution in [3.05, 3.63) is 53.1 Å². The van der Waals surface area contributed by atoms with Crippen LogP contribution in [0.3, 0.4) is 0 Å². The molecule has 0 aliphatic carbocycles. The van der Waals surface area contributed by atoms with E-state index in [1.165, 1.54) is 0 Å². The molecule has 0 saturated carbocycles. The van der Waals surface area contributed by atoms with E-state index in [1.54, 1.807) is 25.3 Å². The van der Waals surface area contributed by atoms with E-state index in [1.807, 2.05) is 32.0 Å². The van der Waals surface area contributed by atoms with Crippen molar-refractivity contribution in [2.24, 2.45) is 0 Å². The summed E-state index contributed by atoms with van der Waals surface area (Å²) in [5, 5.41) is 0. The van der Waals surface area contributed by atoms with Crippen molar-refractivity contribution in [1.82, 2.24) is 0 Å². The largest absolute Gasteiger partial charge is 0.497 e. The number of carbonyl (C=O) groups is 1. The third-order valence-electron chi connectivity index (χ3n) is 3.18. The topological polar surface area (TPSA) is 61.5 Å². The van der Waals surface area contributed by atoms with Gasteiger partial charge in [0, 0.05) is 11.3 Å². The lowest BCUT2D eigenvalue weighted by molar-refractivity contribution is 0.103. The average molecular weight is 285 g/mol. The maximum absolute atomic E-state index is 12.8. The molecule has 4 nitrogen and oxygen atoms in total. The second kappa shape index (κ2) is 6.31. The van der Waals surface area contributed by atoms with Gasteiger partial charge in [0.2, 0.25) is 0 Å². The Morgan fingerprint density at radius 2 is 1.90 bits per heavy atom. The van der Waals surface area contributed by atoms with Crippen LogP contribution in [0, 0.1) is 6.92 Å². The quantitative estimate of drug-likeness (QED) is 0.677. The maximum atomic E-state index is 12.8. The molecule has 0 saturated heterocycles. The van der Waals surface area contributed by atoms with Crippen LogP contribution in [0.1, 0.15) is 28.4 Å². The molecule has 2 rings (SSSR count). The fourth-order valence-corrected chi connectivity index (χ4v) is 2.11. The molecule has 4 heteroatoms. The van der Waals surface area contributed by atoms with Crippen molar-refractivity contribution in [3.63, 3.8) is 0 Å². The van der Waals surface area contributed by atoms with Gasteiger partial charge in [-0.1, -0.05) is 11.6 Å². The molecule has 0 aromatic heterocycles. The number of methoxy groups -OCH3 is 1. The Hall–Kier alpha value is -2.49. The van der Waals surface area contributed by atoms with Gasteiger partial charge in [0.05, 0.1) is 19.3 Å². The van der Waals surface area contributed by atoms with Crippen LogP contribution in [0.2, 0.25) is 0 Å². The van der Waals surface area contributed by atoms with Crippen molar-refractivity contribution >= 4 is 11.5 Å². The van der Waals surface area contributed by atoms with Crippen molar-refractivity contribution in [1.29, 1.82) is 0 Å². The first-order valence-corrected chi connectivity index (χ1v) is 6.78. The predicted octanol–water partition coefficient (Wildman–Crippen LogP) is 3.22. The highest BCUT2D eigenvalue weighted by molar-refractivity contribution is 6.13. The summed E-state index contributed by atoms with van der Waals surface area (Å²) in [6, 6.07) is 10.6. The SMILES string of the molecule is CCOc1ccc(C)cc1C(=O)c1cc(OC)ccc1N. The van der Waals surface area contributed by atoms with Crippen LogP contribution in [0.5, 0.6) is 11.5 Å². The zero-order valence-corrected chi connectivity index (χ0v) is 12.5. The third kappa shape index (κ3) is 3.16. The number of hydrogen-bond acceptors (Lipinski definition) is 4. The number of rotatable bonds is 5. The third-order valence-corrected chi connectivity index (χ3v) is 3.18. The summed E-state index contributed by atoms with van der Waals surface area (Å²) in [5.74, 6) is 0.993. The molecular weight excluding hydrogens is 266 g/mol. The first-order valence-electron chi connectivity index (χ1n) is 6.78. The second-order valence-corrected chi connectivity index (χ2v) is 4.71. The highest BCUT2D eigenvalue weighted by Crippen LogP contribution is 2.27. The van der Waals surface area contributed by atoms with E-state index in [9.17, 15) is 4.79 Å². The number of aryl methyl sites for hydroxylation is 1. The molecule has 0 aliphatic heterocycles. The van der Waals surface area contributed by atoms with Crippen LogP contribution in [0.4, 0.5) is 5.69 Å². The van der Waals surface area contributed by atoms with Crippen molar-refractivity contribution in [2.45, 2.75) is 13.8 Å². The molecule has 110 valence electrons. The minimum Gasteiger partial charge on any atom is -0.497 e. The summed E-state index contributed by atoms with van der Waals surface area (Å²) in [6.45, 7) is 4.31. The number of carbonyl (C=O) groups excluding carboxylic acids is 1. The first-order chi connectivity index (χ1) is 10.1. The van der Waals surface area contributed by atoms with Gasteiger partial charge in [0.15, 0.2) is 5.78 Å². The molecule has 2 aromatic rings. The van der Waals surface area contributed by atoms with E-state index >= 15 is 0 Å². The molecule has 0 spiro atoms. The summed E-state index contributed by atoms with van der Waals surface area (Å²) in [6.07, 6.45) is 0. The summed E-state index contributed by atoms with van der Waals surface area (Å²) in [7, 11) is 1.55. The van der Waals surface area contributed by atoms with Crippen LogP contribution in [0.25, 0.3) is 0 Å². The lowest BCUT2D eigenvalue weighted by Gasteiger charge is -2.12. The number of benzene rings is 2. The van der Waals surface area contributed by atoms with Crippen LogP contribution >= 0.6 is 0 Å². The fourth-order valence-electron chi connectivity index (χ4n) is 2.11. The second-order valence-electron chi connectivity index (χ2n) is 4.71. The Morgan fingerprint density at radius 1 is 1.14 bits per heavy atom. The Bertz CT molecular complexity index is 665. The minimum absolute atomic E-state index is 0.168. The molecule has 0 bridgehead atoms. The fraction of sp³-hybridized carbons (Fsp3) is 0.235. The maximum Gasteiger partial charge on any atom is 0.198 e. The van der Waals surface area contributed by atoms with E-state index in [2.05, 4.69) is 0 Å². The first kappa shape index (κ1) is 14.9. The van der Waals surface area contributed by atoms with Gasteiger partial charge in [-0.25, -0.2) is 0 Å². The highest BCUT2D eigenvalue weighted by Gasteiger charge is 2.18. The molecule has 0 atom stereocenters. The number of ether oxygens (including phenoxy) is 2. The van der Waals surface area contributed by atoms with Crippen LogP contribution in [0.15, 0.2) is 36.4 Å². The minimum atomic E-state index is -0.168. The number of nitrogens with two attached hydrogens (primary N) is 1. The molecule has 0 amide bonds. The van der Waals surface area contributed by atoms with E-state index in [0.29, 0.717) is 34.9 Å². The van der Waals surface area contributed by atoms with Crippen LogP contribution < -0.4 is 15.2 Å². The van der Waals surface area contributed by atoms with Gasteiger partial charge in [-0.3, -0.25) is 4.79 Å². The Labute approximate surface area is 124 Å². The molecule has 0 aliphatic rings. The zero-order chi connectivity index (χ0) is 15.4. The van der Waals surface area contributed by atoms with Gasteiger partial charge in [-0.05, 0) is 44.2 Å². The number of anilines is 1. The molecule has 0 fully saturated rings. The Morgan fingerprint density at radius 3 is 2.57 bits per heavy atom. The van der Waals surface area contributed by atoms with E-state index in [4.69, 9.17) is 15.2 Å². The van der Waals surface area contributed by atoms with Crippen LogP contribution in [-0.2, 0) is 0 Å². The Balaban J connectivity index is 2.51. The molecule has 0 unspecified atom stereocenters. The van der Waals surface area contributed by atoms with Gasteiger partial charge in [-0.15, -0.1) is 0 Å². The number of hydrogen-bond donors (Lipinski definition) is 1. The molecule has 0 heterocycles. The van der Waals surface area contributed by atoms with Crippen molar-refractivity contribution in [2.75, 3.05) is 19.5 Å². The molecule has 0 radical (unpaired) electrons. The van der Waals surface area contributed by atoms with Gasteiger partial charge in [0.25, 0.3) is 0 Å². The lowest BCUT2D eigenvalue weighted by Crippen LogP contribution is -2.08. The standard InChI is InChI=1S/C17H19NO3/c1-4-21-16-8-5-11(2)9-14(16)17(19)13-10-12(20-3)6-7-15(13)18/h5-10H,4,18H2,1-3H3. The summed E-state index contributed by atoms with van der Waals surface area (Å²) in [4.78, 5) is 12.8. The smallest absolute Gasteiger partial charge is 0.198 e. The number of nitrogen functional groups attached to an aromatic ring is 1. The van der Waals surface area contributed by atoms with Crippen molar-refractivity contribution in [3.8, 4) is 11.5 Å². The monoisotopic (exact) mass is 285 g/mol. The zero-order valence-electron chi connectivity index (χ0n) is 12.5. The predicted molar refractivity (Wildman–Crippen MR) is 83.2 cm³/mol. The van der Waals surface area contributed by atoms with Crippen molar-refractivity contribution < 1.29 is 14.3 Å². The summed E-state index contributed by atoms with van der Waals surface area (Å²) in [5.41, 5.74) is 8.27. The molecule has 2 N–H and O–H groups in total. The van der Waals surface area contributed by atoms with E-state index in [-0.39, 0.29) is 5.78 Å². The molecule has 2 aromatic carbocycles. The molecular formula is C17H19NO3. The average Bonchev–Trinajstić information content (AvgIpc) is 2.49. The van der Waals surface area contributed by atoms with Crippen LogP contribution in [-0.4, -0.2) is 19.5 Å².